The first kappa shape index (κ1) is 27.3. The van der Waals surface area contributed by atoms with Crippen LogP contribution in [0, 0.1) is 0 Å². The molecule has 0 fully saturated rings. The Morgan fingerprint density at radius 1 is 0.556 bits per heavy atom. The van der Waals surface area contributed by atoms with Gasteiger partial charge in [0.15, 0.2) is 0 Å². The van der Waals surface area contributed by atoms with Crippen LogP contribution in [0.1, 0.15) is 130 Å². The average molecular weight is 489 g/mol. The molecule has 0 radical (unpaired) electrons. The first-order valence-corrected chi connectivity index (χ1v) is 19.6. The number of carbonyl (C=O) groups is 1. The van der Waals surface area contributed by atoms with E-state index in [9.17, 15) is 4.79 Å². The van der Waals surface area contributed by atoms with Crippen molar-refractivity contribution >= 4 is 24.8 Å². The Hall–Kier alpha value is 0.269. The molecule has 0 aromatic rings. The number of carbonyl (C=O) groups excluding carboxylic acids is 1. The molecule has 0 saturated carbocycles. The SMILES string of the molecule is CCCCCCC[CH2][Sn]([CH2]CC)([CH2]CCCCCCC)[O]C(=O)CCCC. The van der Waals surface area contributed by atoms with Gasteiger partial charge in [0.1, 0.15) is 0 Å². The van der Waals surface area contributed by atoms with Crippen molar-refractivity contribution in [2.24, 2.45) is 0 Å². The number of unbranched alkanes of at least 4 members (excludes halogenated alkanes) is 11. The van der Waals surface area contributed by atoms with E-state index in [1.54, 1.807) is 0 Å². The Kier molecular flexibility index (Phi) is 19.8. The molecule has 3 heteroatoms. The molecule has 0 spiro atoms. The molecule has 0 bridgehead atoms. The fourth-order valence-electron chi connectivity index (χ4n) is 4.05. The fraction of sp³-hybridized carbons (Fsp3) is 0.958. The Balaban J connectivity index is 4.59. The topological polar surface area (TPSA) is 26.3 Å². The van der Waals surface area contributed by atoms with Crippen molar-refractivity contribution < 1.29 is 7.87 Å². The van der Waals surface area contributed by atoms with Crippen LogP contribution in [0.2, 0.25) is 13.3 Å². The molecule has 0 aromatic heterocycles. The van der Waals surface area contributed by atoms with E-state index in [-0.39, 0.29) is 5.97 Å². The molecule has 0 N–H and O–H groups in total. The predicted octanol–water partition coefficient (Wildman–Crippen LogP) is 8.80. The van der Waals surface area contributed by atoms with Crippen LogP contribution in [0.3, 0.4) is 0 Å². The third-order valence-electron chi connectivity index (χ3n) is 5.74. The maximum absolute atomic E-state index is 12.5. The van der Waals surface area contributed by atoms with E-state index in [1.165, 1.54) is 96.8 Å². The molecule has 0 saturated heterocycles. The van der Waals surface area contributed by atoms with Crippen molar-refractivity contribution in [1.82, 2.24) is 0 Å². The van der Waals surface area contributed by atoms with Crippen molar-refractivity contribution in [3.63, 3.8) is 0 Å². The summed E-state index contributed by atoms with van der Waals surface area (Å²) < 4.78 is 10.2. The zero-order valence-electron chi connectivity index (χ0n) is 19.3. The van der Waals surface area contributed by atoms with Crippen molar-refractivity contribution in [1.29, 1.82) is 0 Å². The molecule has 0 aliphatic carbocycles. The van der Waals surface area contributed by atoms with Gasteiger partial charge < -0.3 is 0 Å². The van der Waals surface area contributed by atoms with E-state index in [4.69, 9.17) is 3.07 Å². The molecular weight excluding hydrogens is 439 g/mol. The maximum atomic E-state index is 12.5. The average Bonchev–Trinajstić information content (AvgIpc) is 2.66. The molecule has 2 nitrogen and oxygen atoms in total. The van der Waals surface area contributed by atoms with Gasteiger partial charge in [0.2, 0.25) is 0 Å². The molecule has 0 atom stereocenters. The summed E-state index contributed by atoms with van der Waals surface area (Å²) in [4.78, 5) is 12.5. The Morgan fingerprint density at radius 2 is 1.00 bits per heavy atom. The second-order valence-electron chi connectivity index (χ2n) is 8.55. The van der Waals surface area contributed by atoms with E-state index < -0.39 is 18.8 Å². The molecule has 0 aliphatic rings. The van der Waals surface area contributed by atoms with Gasteiger partial charge in [-0.25, -0.2) is 0 Å². The predicted molar refractivity (Wildman–Crippen MR) is 123 cm³/mol. The monoisotopic (exact) mass is 490 g/mol. The summed E-state index contributed by atoms with van der Waals surface area (Å²) in [5, 5.41) is 0. The molecule has 0 aromatic carbocycles. The molecule has 0 heterocycles. The standard InChI is InChI=1S/2C8H17.C5H10O2.C3H7.Sn/c2*1-3-5-7-8-6-4-2;1-2-3-4-5(6)7;1-3-2;/h2*1,3-8H2,2H3;2-4H2,1H3,(H,6,7);1,3H2,2H3;/q;;;;+1/p-1. The zero-order valence-corrected chi connectivity index (χ0v) is 22.1. The Morgan fingerprint density at radius 3 is 1.44 bits per heavy atom. The van der Waals surface area contributed by atoms with Gasteiger partial charge in [-0.3, -0.25) is 0 Å². The van der Waals surface area contributed by atoms with Crippen LogP contribution in [-0.4, -0.2) is 24.8 Å². The van der Waals surface area contributed by atoms with Crippen LogP contribution in [0.25, 0.3) is 0 Å². The number of hydrogen-bond acceptors (Lipinski definition) is 2. The summed E-state index contributed by atoms with van der Waals surface area (Å²) in [6.45, 7) is 8.99. The van der Waals surface area contributed by atoms with Crippen LogP contribution in [0.15, 0.2) is 0 Å². The Bertz CT molecular complexity index is 314. The van der Waals surface area contributed by atoms with E-state index in [2.05, 4.69) is 27.7 Å². The van der Waals surface area contributed by atoms with E-state index in [1.807, 2.05) is 0 Å². The molecular formula is C24H50O2Sn. The van der Waals surface area contributed by atoms with Crippen molar-refractivity contribution in [2.75, 3.05) is 0 Å². The zero-order chi connectivity index (χ0) is 20.2. The van der Waals surface area contributed by atoms with Gasteiger partial charge in [0.25, 0.3) is 0 Å². The van der Waals surface area contributed by atoms with Crippen molar-refractivity contribution in [3.8, 4) is 0 Å². The van der Waals surface area contributed by atoms with Crippen LogP contribution in [0.5, 0.6) is 0 Å². The van der Waals surface area contributed by atoms with E-state index in [0.29, 0.717) is 6.42 Å². The van der Waals surface area contributed by atoms with Crippen molar-refractivity contribution in [2.45, 2.75) is 144 Å². The van der Waals surface area contributed by atoms with Gasteiger partial charge in [-0.1, -0.05) is 0 Å². The van der Waals surface area contributed by atoms with Gasteiger partial charge in [-0.2, -0.15) is 0 Å². The third-order valence-corrected chi connectivity index (χ3v) is 18.9. The molecule has 0 rings (SSSR count). The number of hydrogen-bond donors (Lipinski definition) is 0. The normalized spacial score (nSPS) is 11.7. The van der Waals surface area contributed by atoms with Gasteiger partial charge >= 0.3 is 176 Å². The quantitative estimate of drug-likeness (QED) is 0.126. The molecule has 0 unspecified atom stereocenters. The summed E-state index contributed by atoms with van der Waals surface area (Å²) in [6, 6.07) is 0. The van der Waals surface area contributed by atoms with E-state index in [0.717, 1.165) is 12.8 Å². The number of rotatable bonds is 20. The first-order valence-electron chi connectivity index (χ1n) is 12.4. The fourth-order valence-corrected chi connectivity index (χ4v) is 16.4. The molecule has 0 amide bonds. The van der Waals surface area contributed by atoms with E-state index >= 15 is 0 Å². The van der Waals surface area contributed by atoms with Gasteiger partial charge in [0, 0.05) is 0 Å². The molecule has 162 valence electrons. The summed E-state index contributed by atoms with van der Waals surface area (Å²) >= 11 is -2.77. The van der Waals surface area contributed by atoms with Gasteiger partial charge in [0.05, 0.1) is 0 Å². The second-order valence-corrected chi connectivity index (χ2v) is 20.2. The molecule has 0 aliphatic heterocycles. The summed E-state index contributed by atoms with van der Waals surface area (Å²) in [5.41, 5.74) is 0. The van der Waals surface area contributed by atoms with Gasteiger partial charge in [-0.05, 0) is 0 Å². The molecule has 27 heavy (non-hydrogen) atoms. The summed E-state index contributed by atoms with van der Waals surface area (Å²) in [5.74, 6) is 0.137. The summed E-state index contributed by atoms with van der Waals surface area (Å²) in [6.07, 6.45) is 20.0. The summed E-state index contributed by atoms with van der Waals surface area (Å²) in [7, 11) is 0. The van der Waals surface area contributed by atoms with Crippen LogP contribution >= 0.6 is 0 Å². The van der Waals surface area contributed by atoms with Crippen LogP contribution in [0.4, 0.5) is 0 Å². The van der Waals surface area contributed by atoms with Gasteiger partial charge in [-0.15, -0.1) is 0 Å². The minimum atomic E-state index is -2.77. The minimum absolute atomic E-state index is 0.137. The van der Waals surface area contributed by atoms with Crippen molar-refractivity contribution in [3.05, 3.63) is 0 Å². The second kappa shape index (κ2) is 19.6. The van der Waals surface area contributed by atoms with Crippen LogP contribution < -0.4 is 0 Å². The Labute approximate surface area is 176 Å². The van der Waals surface area contributed by atoms with Crippen LogP contribution in [-0.2, 0) is 7.87 Å². The first-order chi connectivity index (χ1) is 13.1. The third kappa shape index (κ3) is 15.8.